The molecule has 1 unspecified atom stereocenters. The maximum atomic E-state index is 12.0. The van der Waals surface area contributed by atoms with E-state index in [0.29, 0.717) is 12.1 Å². The van der Waals surface area contributed by atoms with E-state index in [-0.39, 0.29) is 36.8 Å². The van der Waals surface area contributed by atoms with Crippen LogP contribution >= 0.6 is 36.6 Å². The maximum Gasteiger partial charge on any atom is 0.251 e. The molecular weight excluding hydrogens is 353 g/mol. The summed E-state index contributed by atoms with van der Waals surface area (Å²) in [7, 11) is 1.88. The third-order valence-electron chi connectivity index (χ3n) is 3.04. The van der Waals surface area contributed by atoms with Crippen LogP contribution < -0.4 is 10.6 Å². The van der Waals surface area contributed by atoms with Crippen molar-refractivity contribution in [3.8, 4) is 0 Å². The second-order valence-corrected chi connectivity index (χ2v) is 5.79. The molecule has 2 rings (SSSR count). The predicted molar refractivity (Wildman–Crippen MR) is 100 cm³/mol. The summed E-state index contributed by atoms with van der Waals surface area (Å²) >= 11 is 1.58. The van der Waals surface area contributed by atoms with Crippen molar-refractivity contribution in [2.24, 2.45) is 0 Å². The van der Waals surface area contributed by atoms with Crippen molar-refractivity contribution in [1.82, 2.24) is 15.6 Å². The van der Waals surface area contributed by atoms with E-state index in [4.69, 9.17) is 0 Å². The highest BCUT2D eigenvalue weighted by molar-refractivity contribution is 7.99. The third-order valence-corrected chi connectivity index (χ3v) is 4.00. The second-order valence-electron chi connectivity index (χ2n) is 4.69. The number of hydrogen-bond donors (Lipinski definition) is 2. The molecule has 2 N–H and O–H groups in total. The van der Waals surface area contributed by atoms with Crippen LogP contribution in [-0.2, 0) is 0 Å². The molecule has 1 aromatic heterocycles. The molecule has 1 heterocycles. The van der Waals surface area contributed by atoms with E-state index < -0.39 is 0 Å². The molecule has 1 amide bonds. The summed E-state index contributed by atoms with van der Waals surface area (Å²) in [6.45, 7) is 2.63. The van der Waals surface area contributed by atoms with Gasteiger partial charge >= 0.3 is 0 Å². The van der Waals surface area contributed by atoms with Gasteiger partial charge in [0.05, 0.1) is 0 Å². The van der Waals surface area contributed by atoms with Gasteiger partial charge in [-0.3, -0.25) is 4.79 Å². The zero-order chi connectivity index (χ0) is 15.1. The number of halogens is 2. The average molecular weight is 374 g/mol. The minimum Gasteiger partial charge on any atom is -0.350 e. The van der Waals surface area contributed by atoms with Crippen molar-refractivity contribution in [1.29, 1.82) is 0 Å². The minimum absolute atomic E-state index is 0. The van der Waals surface area contributed by atoms with Gasteiger partial charge in [-0.2, -0.15) is 0 Å². The Morgan fingerprint density at radius 2 is 1.87 bits per heavy atom. The largest absolute Gasteiger partial charge is 0.350 e. The average Bonchev–Trinajstić information content (AvgIpc) is 2.54. The molecule has 0 saturated heterocycles. The number of pyridine rings is 1. The van der Waals surface area contributed by atoms with E-state index in [1.807, 2.05) is 56.4 Å². The fourth-order valence-corrected chi connectivity index (χ4v) is 2.43. The lowest BCUT2D eigenvalue weighted by Gasteiger charge is -2.11. The molecule has 0 aliphatic carbocycles. The lowest BCUT2D eigenvalue weighted by Crippen LogP contribution is -2.37. The number of hydrogen-bond acceptors (Lipinski definition) is 4. The molecule has 4 nitrogen and oxygen atoms in total. The first-order chi connectivity index (χ1) is 10.2. The second kappa shape index (κ2) is 11.3. The molecule has 0 radical (unpaired) electrons. The van der Waals surface area contributed by atoms with E-state index in [2.05, 4.69) is 15.6 Å². The fraction of sp³-hybridized carbons (Fsp3) is 0.250. The molecule has 0 aliphatic heterocycles. The Labute approximate surface area is 153 Å². The molecular formula is C16H21Cl2N3OS. The van der Waals surface area contributed by atoms with Gasteiger partial charge in [0.1, 0.15) is 5.03 Å². The number of amides is 1. The van der Waals surface area contributed by atoms with E-state index >= 15 is 0 Å². The van der Waals surface area contributed by atoms with Gasteiger partial charge in [0.15, 0.2) is 0 Å². The van der Waals surface area contributed by atoms with E-state index in [1.54, 1.807) is 18.0 Å². The standard InChI is InChI=1S/C16H19N3OS.2ClH/c1-12(17-2)11-19-16(20)13-6-8-14(9-7-13)21-15-5-3-4-10-18-15;;/h3-10,12,17H,11H2,1-2H3,(H,19,20);2*1H. The van der Waals surface area contributed by atoms with Crippen molar-refractivity contribution in [3.63, 3.8) is 0 Å². The Bertz CT molecular complexity index is 582. The van der Waals surface area contributed by atoms with Crippen LogP contribution in [0.1, 0.15) is 17.3 Å². The lowest BCUT2D eigenvalue weighted by atomic mass is 10.2. The van der Waals surface area contributed by atoms with E-state index in [1.165, 1.54) is 0 Å². The summed E-state index contributed by atoms with van der Waals surface area (Å²) in [5.74, 6) is -0.0495. The smallest absolute Gasteiger partial charge is 0.251 e. The molecule has 23 heavy (non-hydrogen) atoms. The van der Waals surface area contributed by atoms with Crippen LogP contribution in [0.15, 0.2) is 58.6 Å². The number of carbonyl (C=O) groups is 1. The summed E-state index contributed by atoms with van der Waals surface area (Å²) in [4.78, 5) is 17.3. The number of likely N-dealkylation sites (N-methyl/N-ethyl adjacent to an activating group) is 1. The maximum absolute atomic E-state index is 12.0. The summed E-state index contributed by atoms with van der Waals surface area (Å²) in [6, 6.07) is 13.6. The van der Waals surface area contributed by atoms with Crippen LogP contribution in [0.2, 0.25) is 0 Å². The molecule has 126 valence electrons. The first-order valence-corrected chi connectivity index (χ1v) is 7.65. The van der Waals surface area contributed by atoms with Crippen molar-refractivity contribution >= 4 is 42.5 Å². The Balaban J connectivity index is 0.00000242. The zero-order valence-corrected chi connectivity index (χ0v) is 15.4. The molecule has 0 bridgehead atoms. The fourth-order valence-electron chi connectivity index (χ4n) is 1.65. The Morgan fingerprint density at radius 1 is 1.17 bits per heavy atom. The number of nitrogens with one attached hydrogen (secondary N) is 2. The van der Waals surface area contributed by atoms with E-state index in [0.717, 1.165) is 9.92 Å². The Morgan fingerprint density at radius 3 is 2.43 bits per heavy atom. The van der Waals surface area contributed by atoms with Gasteiger partial charge in [-0.1, -0.05) is 17.8 Å². The Kier molecular flexibility index (Phi) is 10.7. The lowest BCUT2D eigenvalue weighted by molar-refractivity contribution is 0.0950. The summed E-state index contributed by atoms with van der Waals surface area (Å²) < 4.78 is 0. The van der Waals surface area contributed by atoms with Crippen LogP contribution in [0, 0.1) is 0 Å². The van der Waals surface area contributed by atoms with Crippen LogP contribution in [-0.4, -0.2) is 30.5 Å². The normalized spacial score (nSPS) is 10.9. The number of aromatic nitrogens is 1. The SMILES string of the molecule is CNC(C)CNC(=O)c1ccc(Sc2ccccn2)cc1.Cl.Cl. The van der Waals surface area contributed by atoms with Crippen LogP contribution in [0.5, 0.6) is 0 Å². The van der Waals surface area contributed by atoms with Gasteiger partial charge in [-0.25, -0.2) is 4.98 Å². The van der Waals surface area contributed by atoms with E-state index in [9.17, 15) is 4.79 Å². The summed E-state index contributed by atoms with van der Waals surface area (Å²) in [5, 5.41) is 6.92. The molecule has 0 fully saturated rings. The monoisotopic (exact) mass is 373 g/mol. The van der Waals surface area contributed by atoms with Crippen LogP contribution in [0.25, 0.3) is 0 Å². The topological polar surface area (TPSA) is 54.0 Å². The Hall–Kier alpha value is -1.27. The highest BCUT2D eigenvalue weighted by atomic mass is 35.5. The number of benzene rings is 1. The van der Waals surface area contributed by atoms with Crippen molar-refractivity contribution in [2.75, 3.05) is 13.6 Å². The minimum atomic E-state index is -0.0495. The highest BCUT2D eigenvalue weighted by Gasteiger charge is 2.07. The molecule has 0 saturated carbocycles. The van der Waals surface area contributed by atoms with Gasteiger partial charge in [0.25, 0.3) is 5.91 Å². The van der Waals surface area contributed by atoms with Crippen molar-refractivity contribution < 1.29 is 4.79 Å². The van der Waals surface area contributed by atoms with Crippen molar-refractivity contribution in [2.45, 2.75) is 22.9 Å². The van der Waals surface area contributed by atoms with Gasteiger partial charge < -0.3 is 10.6 Å². The number of carbonyl (C=O) groups excluding carboxylic acids is 1. The first-order valence-electron chi connectivity index (χ1n) is 6.83. The summed E-state index contributed by atoms with van der Waals surface area (Å²) in [5.41, 5.74) is 0.670. The highest BCUT2D eigenvalue weighted by Crippen LogP contribution is 2.25. The zero-order valence-electron chi connectivity index (χ0n) is 13.0. The van der Waals surface area contributed by atoms with Gasteiger partial charge in [0.2, 0.25) is 0 Å². The molecule has 2 aromatic rings. The van der Waals surface area contributed by atoms with Gasteiger partial charge in [0, 0.05) is 29.2 Å². The summed E-state index contributed by atoms with van der Waals surface area (Å²) in [6.07, 6.45) is 1.77. The quantitative estimate of drug-likeness (QED) is 0.814. The van der Waals surface area contributed by atoms with Crippen LogP contribution in [0.3, 0.4) is 0 Å². The van der Waals surface area contributed by atoms with Gasteiger partial charge in [-0.15, -0.1) is 24.8 Å². The first kappa shape index (κ1) is 21.7. The van der Waals surface area contributed by atoms with Crippen molar-refractivity contribution in [3.05, 3.63) is 54.2 Å². The number of rotatable bonds is 6. The van der Waals surface area contributed by atoms with Crippen LogP contribution in [0.4, 0.5) is 0 Å². The molecule has 0 aliphatic rings. The molecule has 1 aromatic carbocycles. The molecule has 0 spiro atoms. The van der Waals surface area contributed by atoms with Gasteiger partial charge in [-0.05, 0) is 50.4 Å². The number of nitrogens with zero attached hydrogens (tertiary/aromatic N) is 1. The molecule has 7 heteroatoms. The molecule has 1 atom stereocenters. The predicted octanol–water partition coefficient (Wildman–Crippen LogP) is 3.41. The third kappa shape index (κ3) is 7.22.